The first-order chi connectivity index (χ1) is 16.7. The zero-order valence-corrected chi connectivity index (χ0v) is 19.3. The Kier molecular flexibility index (Phi) is 6.93. The monoisotopic (exact) mass is 491 g/mol. The van der Waals surface area contributed by atoms with Crippen molar-refractivity contribution in [3.63, 3.8) is 0 Å². The molecule has 10 heteroatoms. The van der Waals surface area contributed by atoms with Crippen molar-refractivity contribution in [2.75, 3.05) is 13.7 Å². The third-order valence-electron chi connectivity index (χ3n) is 7.57. The molecule has 2 aromatic carbocycles. The summed E-state index contributed by atoms with van der Waals surface area (Å²) in [5.74, 6) is -5.27. The summed E-state index contributed by atoms with van der Waals surface area (Å²) < 4.78 is 54.1. The maximum absolute atomic E-state index is 14.7. The lowest BCUT2D eigenvalue weighted by Gasteiger charge is -2.53. The van der Waals surface area contributed by atoms with Gasteiger partial charge in [0, 0.05) is 12.0 Å². The van der Waals surface area contributed by atoms with Crippen molar-refractivity contribution in [2.24, 2.45) is 10.8 Å². The molecule has 0 aromatic heterocycles. The molecule has 3 saturated carbocycles. The molecule has 7 nitrogen and oxygen atoms in total. The van der Waals surface area contributed by atoms with Crippen molar-refractivity contribution < 1.29 is 32.6 Å². The molecule has 0 radical (unpaired) electrons. The third kappa shape index (κ3) is 4.80. The third-order valence-corrected chi connectivity index (χ3v) is 7.57. The summed E-state index contributed by atoms with van der Waals surface area (Å²) in [6, 6.07) is 7.26. The minimum Gasteiger partial charge on any atom is -0.497 e. The fraction of sp³-hybridized carbons (Fsp3) is 0.440. The van der Waals surface area contributed by atoms with Gasteiger partial charge in [-0.1, -0.05) is 12.1 Å². The number of hydroxylamine groups is 1. The highest BCUT2D eigenvalue weighted by molar-refractivity contribution is 5.94. The van der Waals surface area contributed by atoms with Crippen LogP contribution in [0, 0.1) is 33.7 Å². The van der Waals surface area contributed by atoms with Gasteiger partial charge in [-0.2, -0.15) is 4.39 Å². The molecule has 4 N–H and O–H groups in total. The van der Waals surface area contributed by atoms with Crippen LogP contribution in [0.3, 0.4) is 0 Å². The summed E-state index contributed by atoms with van der Waals surface area (Å²) in [6.07, 6.45) is 4.23. The summed E-state index contributed by atoms with van der Waals surface area (Å²) in [4.78, 5) is 12.6. The highest BCUT2D eigenvalue weighted by Gasteiger charge is 2.50. The Morgan fingerprint density at radius 2 is 1.69 bits per heavy atom. The van der Waals surface area contributed by atoms with Crippen molar-refractivity contribution in [3.05, 3.63) is 58.9 Å². The molecule has 0 unspecified atom stereocenters. The maximum Gasteiger partial charge on any atom is 0.254 e. The number of benzene rings is 2. The molecule has 2 bridgehead atoms. The van der Waals surface area contributed by atoms with Gasteiger partial charge >= 0.3 is 0 Å². The number of fused-ring (bicyclic) bond motifs is 3. The fourth-order valence-electron chi connectivity index (χ4n) is 5.14. The molecule has 5 rings (SSSR count). The van der Waals surface area contributed by atoms with Crippen molar-refractivity contribution in [2.45, 2.75) is 45.1 Å². The lowest BCUT2D eigenvalue weighted by atomic mass is 9.53. The number of amidine groups is 1. The van der Waals surface area contributed by atoms with Gasteiger partial charge in [0.15, 0.2) is 17.4 Å². The van der Waals surface area contributed by atoms with E-state index in [2.05, 4.69) is 5.32 Å². The first-order valence-electron chi connectivity index (χ1n) is 11.4. The van der Waals surface area contributed by atoms with Crippen molar-refractivity contribution in [3.8, 4) is 11.5 Å². The lowest BCUT2D eigenvalue weighted by Crippen LogP contribution is -2.52. The van der Waals surface area contributed by atoms with E-state index in [1.54, 1.807) is 24.3 Å². The molecule has 0 aliphatic heterocycles. The van der Waals surface area contributed by atoms with Crippen molar-refractivity contribution in [1.29, 1.82) is 5.41 Å². The van der Waals surface area contributed by atoms with Gasteiger partial charge in [0.1, 0.15) is 18.2 Å². The summed E-state index contributed by atoms with van der Waals surface area (Å²) in [6.45, 7) is 0.0380. The Balaban J connectivity index is 1.40. The maximum atomic E-state index is 14.7. The first kappa shape index (κ1) is 24.8. The van der Waals surface area contributed by atoms with E-state index in [1.807, 2.05) is 5.48 Å². The van der Waals surface area contributed by atoms with Crippen LogP contribution in [0.1, 0.15) is 54.4 Å². The van der Waals surface area contributed by atoms with E-state index in [0.29, 0.717) is 36.6 Å². The molecule has 3 aliphatic carbocycles. The van der Waals surface area contributed by atoms with E-state index in [4.69, 9.17) is 20.1 Å². The molecular formula is C25H28F3N3O4. The van der Waals surface area contributed by atoms with Crippen LogP contribution in [0.25, 0.3) is 0 Å². The highest BCUT2D eigenvalue weighted by atomic mass is 19.2. The predicted octanol–water partition coefficient (Wildman–Crippen LogP) is 4.72. The number of hydrogen-bond donors (Lipinski definition) is 4. The molecule has 0 atom stereocenters. The van der Waals surface area contributed by atoms with Crippen LogP contribution in [-0.2, 0) is 6.61 Å². The Hall–Kier alpha value is -3.27. The molecule has 0 spiro atoms. The fourth-order valence-corrected chi connectivity index (χ4v) is 5.14. The average Bonchev–Trinajstić information content (AvgIpc) is 2.90. The van der Waals surface area contributed by atoms with E-state index in [-0.39, 0.29) is 29.8 Å². The minimum absolute atomic E-state index is 0.108. The number of amides is 1. The van der Waals surface area contributed by atoms with Crippen LogP contribution in [0.4, 0.5) is 13.2 Å². The van der Waals surface area contributed by atoms with Crippen LogP contribution in [0.2, 0.25) is 0 Å². The van der Waals surface area contributed by atoms with Crippen molar-refractivity contribution >= 4 is 11.7 Å². The number of carbonyl (C=O) groups excluding carboxylic acids is 1. The lowest BCUT2D eigenvalue weighted by molar-refractivity contribution is 0.0250. The number of nitrogens with one attached hydrogen (secondary N) is 3. The number of carbonyl (C=O) groups is 1. The van der Waals surface area contributed by atoms with Gasteiger partial charge in [0.05, 0.1) is 12.7 Å². The summed E-state index contributed by atoms with van der Waals surface area (Å²) >= 11 is 0. The Morgan fingerprint density at radius 3 is 2.26 bits per heavy atom. The van der Waals surface area contributed by atoms with E-state index in [1.165, 1.54) is 7.11 Å². The van der Waals surface area contributed by atoms with E-state index >= 15 is 0 Å². The standard InChI is InChI=1S/C25H28F3N3O4/c1-34-16-4-2-15(3-5-16)13-35-21-18(26)12-17(19(27)20(21)28)22(32)30-14-24-6-9-25(10-7-24,11-8-24)23(29)31-33/h2-5,12,33H,6-11,13-14H2,1H3,(H2,29,31)(H,30,32). The van der Waals surface area contributed by atoms with Crippen LogP contribution >= 0.6 is 0 Å². The van der Waals surface area contributed by atoms with Crippen molar-refractivity contribution in [1.82, 2.24) is 10.8 Å². The van der Waals surface area contributed by atoms with Crippen LogP contribution in [0.15, 0.2) is 30.3 Å². The first-order valence-corrected chi connectivity index (χ1v) is 11.4. The number of methoxy groups -OCH3 is 1. The van der Waals surface area contributed by atoms with E-state index in [0.717, 1.165) is 19.3 Å². The molecule has 2 aromatic rings. The second kappa shape index (κ2) is 9.77. The molecule has 0 saturated heterocycles. The average molecular weight is 492 g/mol. The smallest absolute Gasteiger partial charge is 0.254 e. The molecule has 35 heavy (non-hydrogen) atoms. The minimum atomic E-state index is -1.56. The zero-order chi connectivity index (χ0) is 25.2. The number of hydrogen-bond acceptors (Lipinski definition) is 5. The Morgan fingerprint density at radius 1 is 1.06 bits per heavy atom. The summed E-state index contributed by atoms with van der Waals surface area (Å²) in [5.41, 5.74) is 1.25. The topological polar surface area (TPSA) is 104 Å². The van der Waals surface area contributed by atoms with Crippen LogP contribution in [0.5, 0.6) is 11.5 Å². The van der Waals surface area contributed by atoms with Gasteiger partial charge in [0.2, 0.25) is 5.82 Å². The van der Waals surface area contributed by atoms with Gasteiger partial charge < -0.3 is 14.8 Å². The number of rotatable bonds is 8. The molecular weight excluding hydrogens is 463 g/mol. The quantitative estimate of drug-likeness (QED) is 0.185. The van der Waals surface area contributed by atoms with E-state index < -0.39 is 34.7 Å². The van der Waals surface area contributed by atoms with Gasteiger partial charge in [-0.3, -0.25) is 20.9 Å². The van der Waals surface area contributed by atoms with Crippen LogP contribution in [-0.4, -0.2) is 30.6 Å². The summed E-state index contributed by atoms with van der Waals surface area (Å²) in [5, 5.41) is 19.7. The molecule has 188 valence electrons. The predicted molar refractivity (Wildman–Crippen MR) is 121 cm³/mol. The van der Waals surface area contributed by atoms with Crippen LogP contribution < -0.4 is 20.3 Å². The molecule has 0 heterocycles. The van der Waals surface area contributed by atoms with Gasteiger partial charge in [-0.05, 0) is 67.7 Å². The molecule has 3 aliphatic rings. The highest BCUT2D eigenvalue weighted by Crippen LogP contribution is 2.56. The zero-order valence-electron chi connectivity index (χ0n) is 19.3. The normalized spacial score (nSPS) is 23.0. The number of ether oxygens (including phenoxy) is 2. The molecule has 3 fully saturated rings. The Labute approximate surface area is 201 Å². The van der Waals surface area contributed by atoms with Gasteiger partial charge in [-0.25, -0.2) is 8.78 Å². The van der Waals surface area contributed by atoms with Gasteiger partial charge in [-0.15, -0.1) is 0 Å². The number of halogens is 3. The largest absolute Gasteiger partial charge is 0.497 e. The second-order valence-electron chi connectivity index (χ2n) is 9.45. The van der Waals surface area contributed by atoms with Gasteiger partial charge in [0.25, 0.3) is 5.91 Å². The molecule has 1 amide bonds. The summed E-state index contributed by atoms with van der Waals surface area (Å²) in [7, 11) is 1.51. The second-order valence-corrected chi connectivity index (χ2v) is 9.45. The Bertz CT molecular complexity index is 1100. The van der Waals surface area contributed by atoms with E-state index in [9.17, 15) is 18.0 Å². The SMILES string of the molecule is COc1ccc(COc2c(F)cc(C(=O)NCC34CCC(C(=N)NO)(CC3)CC4)c(F)c2F)cc1.